The molecule has 0 radical (unpaired) electrons. The second kappa shape index (κ2) is 7.44. The van der Waals surface area contributed by atoms with Crippen molar-refractivity contribution in [3.05, 3.63) is 58.1 Å². The average molecular weight is 387 g/mol. The van der Waals surface area contributed by atoms with Gasteiger partial charge in [-0.2, -0.15) is 4.31 Å². The predicted molar refractivity (Wildman–Crippen MR) is 108 cm³/mol. The quantitative estimate of drug-likeness (QED) is 0.857. The second-order valence-electron chi connectivity index (χ2n) is 7.37. The van der Waals surface area contributed by atoms with Gasteiger partial charge in [-0.1, -0.05) is 23.8 Å². The monoisotopic (exact) mass is 386 g/mol. The van der Waals surface area contributed by atoms with E-state index in [0.29, 0.717) is 0 Å². The van der Waals surface area contributed by atoms with Crippen LogP contribution in [0.3, 0.4) is 0 Å². The van der Waals surface area contributed by atoms with Crippen LogP contribution in [0, 0.1) is 20.8 Å². The second-order valence-corrected chi connectivity index (χ2v) is 9.41. The van der Waals surface area contributed by atoms with Crippen molar-refractivity contribution in [3.8, 4) is 0 Å². The molecular weight excluding hydrogens is 360 g/mol. The smallest absolute Gasteiger partial charge is 0.243 e. The Morgan fingerprint density at radius 1 is 1.04 bits per heavy atom. The van der Waals surface area contributed by atoms with E-state index >= 15 is 0 Å². The van der Waals surface area contributed by atoms with Gasteiger partial charge in [-0.05, 0) is 74.4 Å². The Labute approximate surface area is 161 Å². The number of rotatable bonds is 5. The Morgan fingerprint density at radius 2 is 1.67 bits per heavy atom. The van der Waals surface area contributed by atoms with Crippen molar-refractivity contribution in [2.45, 2.75) is 44.9 Å². The topological polar surface area (TPSA) is 66.5 Å². The lowest BCUT2D eigenvalue weighted by atomic mass is 10.1. The lowest BCUT2D eigenvalue weighted by Gasteiger charge is -2.19. The van der Waals surface area contributed by atoms with Crippen LogP contribution < -0.4 is 5.32 Å². The van der Waals surface area contributed by atoms with Crippen LogP contribution in [0.25, 0.3) is 0 Å². The van der Waals surface area contributed by atoms with E-state index in [2.05, 4.69) is 5.32 Å². The maximum absolute atomic E-state index is 12.8. The van der Waals surface area contributed by atoms with Crippen molar-refractivity contribution in [1.29, 1.82) is 0 Å². The number of anilines is 1. The van der Waals surface area contributed by atoms with Crippen molar-refractivity contribution in [2.24, 2.45) is 0 Å². The number of carbonyl (C=O) groups excluding carboxylic acids is 1. The molecular formula is C21H26N2O3S. The average Bonchev–Trinajstić information content (AvgIpc) is 3.05. The number of benzene rings is 2. The lowest BCUT2D eigenvalue weighted by molar-refractivity contribution is -0.116. The van der Waals surface area contributed by atoms with Gasteiger partial charge in [-0.25, -0.2) is 8.42 Å². The van der Waals surface area contributed by atoms with Crippen LogP contribution in [0.4, 0.5) is 5.69 Å². The Kier molecular flexibility index (Phi) is 5.40. The van der Waals surface area contributed by atoms with E-state index in [1.165, 1.54) is 12.6 Å². The molecule has 3 rings (SSSR count). The highest BCUT2D eigenvalue weighted by Gasteiger charge is 2.25. The number of carbonyl (C=O) groups is 1. The molecule has 0 fully saturated rings. The SMILES string of the molecule is Cc1cc(C)c(NC(=O)CN(C)S(=O)(=O)c2ccc3c(c2)CCC3)c(C)c1. The Morgan fingerprint density at radius 3 is 2.33 bits per heavy atom. The van der Waals surface area contributed by atoms with Crippen LogP contribution in [0.5, 0.6) is 0 Å². The van der Waals surface area contributed by atoms with Gasteiger partial charge in [0.2, 0.25) is 15.9 Å². The van der Waals surface area contributed by atoms with Crippen molar-refractivity contribution in [2.75, 3.05) is 18.9 Å². The van der Waals surface area contributed by atoms with Gasteiger partial charge >= 0.3 is 0 Å². The Balaban J connectivity index is 1.74. The zero-order valence-electron chi connectivity index (χ0n) is 16.3. The van der Waals surface area contributed by atoms with Crippen molar-refractivity contribution in [1.82, 2.24) is 4.31 Å². The fourth-order valence-electron chi connectivity index (χ4n) is 3.73. The molecule has 0 aliphatic heterocycles. The van der Waals surface area contributed by atoms with Crippen LogP contribution >= 0.6 is 0 Å². The van der Waals surface area contributed by atoms with Gasteiger partial charge in [0.15, 0.2) is 0 Å². The number of fused-ring (bicyclic) bond motifs is 1. The summed E-state index contributed by atoms with van der Waals surface area (Å²) >= 11 is 0. The van der Waals surface area contributed by atoms with Crippen LogP contribution in [-0.2, 0) is 27.7 Å². The number of nitrogens with zero attached hydrogens (tertiary/aromatic N) is 1. The highest BCUT2D eigenvalue weighted by molar-refractivity contribution is 7.89. The highest BCUT2D eigenvalue weighted by atomic mass is 32.2. The number of likely N-dealkylation sites (N-methyl/N-ethyl adjacent to an activating group) is 1. The maximum Gasteiger partial charge on any atom is 0.243 e. The van der Waals surface area contributed by atoms with E-state index in [1.807, 2.05) is 39.0 Å². The van der Waals surface area contributed by atoms with Gasteiger partial charge in [0.05, 0.1) is 11.4 Å². The largest absolute Gasteiger partial charge is 0.324 e. The molecule has 0 heterocycles. The zero-order chi connectivity index (χ0) is 19.8. The summed E-state index contributed by atoms with van der Waals surface area (Å²) in [5.74, 6) is -0.350. The van der Waals surface area contributed by atoms with Crippen molar-refractivity contribution < 1.29 is 13.2 Å². The van der Waals surface area contributed by atoms with Gasteiger partial charge in [0.25, 0.3) is 0 Å². The summed E-state index contributed by atoms with van der Waals surface area (Å²) in [6.07, 6.45) is 2.98. The molecule has 144 valence electrons. The van der Waals surface area contributed by atoms with E-state index in [9.17, 15) is 13.2 Å². The standard InChI is InChI=1S/C21H26N2O3S/c1-14-10-15(2)21(16(3)11-14)22-20(24)13-23(4)27(25,26)19-9-8-17-6-5-7-18(17)12-19/h8-12H,5-7,13H2,1-4H3,(H,22,24). The molecule has 0 aromatic heterocycles. The zero-order valence-corrected chi connectivity index (χ0v) is 17.1. The molecule has 2 aromatic rings. The summed E-state index contributed by atoms with van der Waals surface area (Å²) < 4.78 is 26.8. The maximum atomic E-state index is 12.8. The molecule has 1 amide bonds. The first-order chi connectivity index (χ1) is 12.7. The number of sulfonamides is 1. The summed E-state index contributed by atoms with van der Waals surface area (Å²) in [6.45, 7) is 5.63. The third kappa shape index (κ3) is 4.06. The summed E-state index contributed by atoms with van der Waals surface area (Å²) in [5, 5.41) is 2.86. The Hall–Kier alpha value is -2.18. The first-order valence-corrected chi connectivity index (χ1v) is 10.6. The summed E-state index contributed by atoms with van der Waals surface area (Å²) in [6, 6.07) is 9.27. The summed E-state index contributed by atoms with van der Waals surface area (Å²) in [7, 11) is -2.26. The van der Waals surface area contributed by atoms with E-state index in [-0.39, 0.29) is 17.3 Å². The molecule has 0 saturated carbocycles. The van der Waals surface area contributed by atoms with Crippen molar-refractivity contribution >= 4 is 21.6 Å². The molecule has 5 nitrogen and oxygen atoms in total. The van der Waals surface area contributed by atoms with Crippen LogP contribution in [0.15, 0.2) is 35.2 Å². The first-order valence-electron chi connectivity index (χ1n) is 9.14. The Bertz CT molecular complexity index is 973. The fraction of sp³-hybridized carbons (Fsp3) is 0.381. The molecule has 0 atom stereocenters. The molecule has 0 unspecified atom stereocenters. The molecule has 27 heavy (non-hydrogen) atoms. The predicted octanol–water partition coefficient (Wildman–Crippen LogP) is 3.36. The third-order valence-electron chi connectivity index (χ3n) is 5.09. The lowest BCUT2D eigenvalue weighted by Crippen LogP contribution is -2.35. The molecule has 2 aromatic carbocycles. The molecule has 1 aliphatic rings. The van der Waals surface area contributed by atoms with E-state index < -0.39 is 10.0 Å². The molecule has 0 spiro atoms. The van der Waals surface area contributed by atoms with Crippen LogP contribution in [-0.4, -0.2) is 32.2 Å². The molecule has 6 heteroatoms. The van der Waals surface area contributed by atoms with Crippen molar-refractivity contribution in [3.63, 3.8) is 0 Å². The number of nitrogens with one attached hydrogen (secondary N) is 1. The normalized spacial score (nSPS) is 13.7. The molecule has 1 N–H and O–H groups in total. The third-order valence-corrected chi connectivity index (χ3v) is 6.89. The van der Waals surface area contributed by atoms with E-state index in [4.69, 9.17) is 0 Å². The van der Waals surface area contributed by atoms with Gasteiger partial charge in [0, 0.05) is 12.7 Å². The van der Waals surface area contributed by atoms with Crippen LogP contribution in [0.1, 0.15) is 34.2 Å². The highest BCUT2D eigenvalue weighted by Crippen LogP contribution is 2.26. The first kappa shape index (κ1) is 19.6. The number of hydrogen-bond acceptors (Lipinski definition) is 3. The summed E-state index contributed by atoms with van der Waals surface area (Å²) in [5.41, 5.74) is 6.11. The molecule has 0 saturated heterocycles. The minimum absolute atomic E-state index is 0.230. The van der Waals surface area contributed by atoms with Gasteiger partial charge in [0.1, 0.15) is 0 Å². The molecule has 1 aliphatic carbocycles. The minimum Gasteiger partial charge on any atom is -0.324 e. The number of amides is 1. The van der Waals surface area contributed by atoms with Crippen LogP contribution in [0.2, 0.25) is 0 Å². The van der Waals surface area contributed by atoms with Gasteiger partial charge in [-0.3, -0.25) is 4.79 Å². The van der Waals surface area contributed by atoms with Gasteiger partial charge in [-0.15, -0.1) is 0 Å². The van der Waals surface area contributed by atoms with Gasteiger partial charge < -0.3 is 5.32 Å². The fourth-order valence-corrected chi connectivity index (χ4v) is 4.91. The minimum atomic E-state index is -3.70. The van der Waals surface area contributed by atoms with E-state index in [0.717, 1.165) is 51.5 Å². The summed E-state index contributed by atoms with van der Waals surface area (Å²) in [4.78, 5) is 12.7. The van der Waals surface area contributed by atoms with E-state index in [1.54, 1.807) is 12.1 Å². The molecule has 0 bridgehead atoms. The number of hydrogen-bond donors (Lipinski definition) is 1. The number of aryl methyl sites for hydroxylation is 5.